The van der Waals surface area contributed by atoms with Gasteiger partial charge in [-0.2, -0.15) is 0 Å². The Morgan fingerprint density at radius 2 is 2.31 bits per heavy atom. The summed E-state index contributed by atoms with van der Waals surface area (Å²) in [6.07, 6.45) is 1.93. The number of hydrogen-bond donors (Lipinski definition) is 1. The smallest absolute Gasteiger partial charge is 0.138 e. The highest BCUT2D eigenvalue weighted by molar-refractivity contribution is 5.19. The molecule has 1 rings (SSSR count). The van der Waals surface area contributed by atoms with Crippen LogP contribution >= 0.6 is 0 Å². The number of pyridine rings is 1. The van der Waals surface area contributed by atoms with E-state index in [1.165, 1.54) is 0 Å². The Morgan fingerprint density at radius 3 is 2.85 bits per heavy atom. The van der Waals surface area contributed by atoms with E-state index in [-0.39, 0.29) is 6.10 Å². The topological polar surface area (TPSA) is 34.1 Å². The molecule has 0 saturated carbocycles. The maximum atomic E-state index is 5.58. The second-order valence-electron chi connectivity index (χ2n) is 3.12. The normalized spacial score (nSPS) is 12.5. The Balaban J connectivity index is 2.49. The Bertz CT molecular complexity index is 246. The van der Waals surface area contributed by atoms with Crippen molar-refractivity contribution in [1.29, 1.82) is 0 Å². The molecule has 0 spiro atoms. The minimum Gasteiger partial charge on any atom is -0.488 e. The van der Waals surface area contributed by atoms with E-state index in [0.29, 0.717) is 0 Å². The lowest BCUT2D eigenvalue weighted by atomic mass is 10.3. The molecule has 1 atom stereocenters. The summed E-state index contributed by atoms with van der Waals surface area (Å²) in [5, 5.41) is 3.05. The summed E-state index contributed by atoms with van der Waals surface area (Å²) in [7, 11) is 1.91. The van der Waals surface area contributed by atoms with Gasteiger partial charge >= 0.3 is 0 Å². The highest BCUT2D eigenvalue weighted by Crippen LogP contribution is 2.10. The lowest BCUT2D eigenvalue weighted by Gasteiger charge is -2.13. The van der Waals surface area contributed by atoms with E-state index in [4.69, 9.17) is 4.74 Å². The van der Waals surface area contributed by atoms with Crippen molar-refractivity contribution in [2.45, 2.75) is 20.0 Å². The van der Waals surface area contributed by atoms with Gasteiger partial charge in [0.15, 0.2) is 0 Å². The Hall–Kier alpha value is -1.09. The molecule has 1 heterocycles. The predicted octanol–water partition coefficient (Wildman–Crippen LogP) is 1.38. The average Bonchev–Trinajstić information content (AvgIpc) is 2.09. The van der Waals surface area contributed by atoms with Crippen LogP contribution in [0.4, 0.5) is 0 Å². The molecule has 3 heteroatoms. The maximum absolute atomic E-state index is 5.58. The van der Waals surface area contributed by atoms with E-state index in [0.717, 1.165) is 18.0 Å². The van der Waals surface area contributed by atoms with Gasteiger partial charge in [-0.15, -0.1) is 0 Å². The van der Waals surface area contributed by atoms with Crippen molar-refractivity contribution >= 4 is 0 Å². The summed E-state index contributed by atoms with van der Waals surface area (Å²) >= 11 is 0. The Kier molecular flexibility index (Phi) is 3.71. The van der Waals surface area contributed by atoms with Gasteiger partial charge in [-0.25, -0.2) is 0 Å². The fourth-order valence-corrected chi connectivity index (χ4v) is 1.09. The number of ether oxygens (including phenoxy) is 1. The maximum Gasteiger partial charge on any atom is 0.138 e. The molecular weight excluding hydrogens is 164 g/mol. The van der Waals surface area contributed by atoms with Crippen LogP contribution in [0.2, 0.25) is 0 Å². The molecule has 1 N–H and O–H groups in total. The van der Waals surface area contributed by atoms with Gasteiger partial charge in [-0.3, -0.25) is 4.98 Å². The molecule has 0 bridgehead atoms. The van der Waals surface area contributed by atoms with E-state index in [1.54, 1.807) is 6.20 Å². The van der Waals surface area contributed by atoms with Gasteiger partial charge in [0.1, 0.15) is 11.9 Å². The second-order valence-corrected chi connectivity index (χ2v) is 3.12. The van der Waals surface area contributed by atoms with Crippen molar-refractivity contribution in [2.75, 3.05) is 13.6 Å². The summed E-state index contributed by atoms with van der Waals surface area (Å²) in [5.74, 6) is 0.827. The fourth-order valence-electron chi connectivity index (χ4n) is 1.09. The second kappa shape index (κ2) is 4.82. The molecular formula is C10H16N2O. The van der Waals surface area contributed by atoms with Gasteiger partial charge in [0, 0.05) is 12.2 Å². The highest BCUT2D eigenvalue weighted by Gasteiger charge is 2.01. The molecule has 3 nitrogen and oxygen atoms in total. The van der Waals surface area contributed by atoms with Crippen LogP contribution < -0.4 is 10.1 Å². The minimum absolute atomic E-state index is 0.175. The first-order valence-electron chi connectivity index (χ1n) is 4.46. The van der Waals surface area contributed by atoms with Crippen molar-refractivity contribution in [2.24, 2.45) is 0 Å². The van der Waals surface area contributed by atoms with E-state index < -0.39 is 0 Å². The lowest BCUT2D eigenvalue weighted by molar-refractivity contribution is 0.220. The Morgan fingerprint density at radius 1 is 1.54 bits per heavy atom. The first-order valence-corrected chi connectivity index (χ1v) is 4.46. The summed E-state index contributed by atoms with van der Waals surface area (Å²) in [5.41, 5.74) is 1.01. The molecule has 13 heavy (non-hydrogen) atoms. The number of aryl methyl sites for hydroxylation is 1. The number of aromatic nitrogens is 1. The number of nitrogens with zero attached hydrogens (tertiary/aromatic N) is 1. The molecule has 0 amide bonds. The Labute approximate surface area is 79.1 Å². The van der Waals surface area contributed by atoms with Crippen molar-refractivity contribution in [3.8, 4) is 5.75 Å². The van der Waals surface area contributed by atoms with Crippen LogP contribution in [0.5, 0.6) is 5.75 Å². The summed E-state index contributed by atoms with van der Waals surface area (Å²) in [6, 6.07) is 3.88. The quantitative estimate of drug-likeness (QED) is 0.760. The van der Waals surface area contributed by atoms with Crippen molar-refractivity contribution in [3.63, 3.8) is 0 Å². The molecule has 0 radical (unpaired) electrons. The van der Waals surface area contributed by atoms with Crippen LogP contribution in [0, 0.1) is 6.92 Å². The number of hydrogen-bond acceptors (Lipinski definition) is 3. The van der Waals surface area contributed by atoms with E-state index in [9.17, 15) is 0 Å². The molecule has 0 saturated heterocycles. The summed E-state index contributed by atoms with van der Waals surface area (Å²) in [4.78, 5) is 4.15. The summed E-state index contributed by atoms with van der Waals surface area (Å²) < 4.78 is 5.58. The summed E-state index contributed by atoms with van der Waals surface area (Å²) in [6.45, 7) is 4.82. The van der Waals surface area contributed by atoms with E-state index in [1.807, 2.05) is 33.0 Å². The van der Waals surface area contributed by atoms with Crippen LogP contribution in [-0.2, 0) is 0 Å². The molecule has 1 aromatic rings. The molecule has 0 aliphatic carbocycles. The van der Waals surface area contributed by atoms with Gasteiger partial charge in [0.25, 0.3) is 0 Å². The zero-order chi connectivity index (χ0) is 9.68. The minimum atomic E-state index is 0.175. The first kappa shape index (κ1) is 9.99. The van der Waals surface area contributed by atoms with E-state index in [2.05, 4.69) is 10.3 Å². The molecule has 1 aromatic heterocycles. The third-order valence-electron chi connectivity index (χ3n) is 1.71. The molecule has 0 aliphatic rings. The van der Waals surface area contributed by atoms with Crippen molar-refractivity contribution < 1.29 is 4.74 Å². The van der Waals surface area contributed by atoms with Crippen LogP contribution in [0.25, 0.3) is 0 Å². The molecule has 1 unspecified atom stereocenters. The van der Waals surface area contributed by atoms with E-state index >= 15 is 0 Å². The van der Waals surface area contributed by atoms with Crippen LogP contribution in [-0.4, -0.2) is 24.7 Å². The van der Waals surface area contributed by atoms with Gasteiger partial charge in [-0.05, 0) is 33.0 Å². The monoisotopic (exact) mass is 180 g/mol. The number of nitrogens with one attached hydrogen (secondary N) is 1. The lowest BCUT2D eigenvalue weighted by Crippen LogP contribution is -2.26. The largest absolute Gasteiger partial charge is 0.488 e. The van der Waals surface area contributed by atoms with Crippen LogP contribution in [0.15, 0.2) is 18.3 Å². The number of rotatable bonds is 4. The molecule has 0 aromatic carbocycles. The van der Waals surface area contributed by atoms with Crippen LogP contribution in [0.3, 0.4) is 0 Å². The van der Waals surface area contributed by atoms with Gasteiger partial charge in [0.2, 0.25) is 0 Å². The predicted molar refractivity (Wildman–Crippen MR) is 53.0 cm³/mol. The fraction of sp³-hybridized carbons (Fsp3) is 0.500. The number of likely N-dealkylation sites (N-methyl/N-ethyl adjacent to an activating group) is 1. The van der Waals surface area contributed by atoms with Crippen molar-refractivity contribution in [1.82, 2.24) is 10.3 Å². The van der Waals surface area contributed by atoms with Gasteiger partial charge in [-0.1, -0.05) is 0 Å². The van der Waals surface area contributed by atoms with Gasteiger partial charge < -0.3 is 10.1 Å². The zero-order valence-corrected chi connectivity index (χ0v) is 8.37. The first-order chi connectivity index (χ1) is 6.22. The van der Waals surface area contributed by atoms with Crippen LogP contribution in [0.1, 0.15) is 12.6 Å². The average molecular weight is 180 g/mol. The highest BCUT2D eigenvalue weighted by atomic mass is 16.5. The molecule has 72 valence electrons. The third kappa shape index (κ3) is 3.42. The zero-order valence-electron chi connectivity index (χ0n) is 8.37. The van der Waals surface area contributed by atoms with Gasteiger partial charge in [0.05, 0.1) is 6.20 Å². The SMILES string of the molecule is CNCC(C)Oc1ccc(C)nc1. The third-order valence-corrected chi connectivity index (χ3v) is 1.71. The van der Waals surface area contributed by atoms with Crippen molar-refractivity contribution in [3.05, 3.63) is 24.0 Å². The standard InChI is InChI=1S/C10H16N2O/c1-8-4-5-10(7-12-8)13-9(2)6-11-3/h4-5,7,9,11H,6H2,1-3H3. The molecule has 0 fully saturated rings. The molecule has 0 aliphatic heterocycles.